The molecule has 26 heteroatoms. The smallest absolute Gasteiger partial charge is 0.408 e. The second-order valence-corrected chi connectivity index (χ2v) is 35.4. The van der Waals surface area contributed by atoms with Crippen molar-refractivity contribution in [2.75, 3.05) is 46.2 Å². The predicted octanol–water partition coefficient (Wildman–Crippen LogP) is 12.4. The quantitative estimate of drug-likeness (QED) is 0.0258. The number of nitrogens with zero attached hydrogens (tertiary/aromatic N) is 3. The first-order valence-electron chi connectivity index (χ1n) is 40.4. The molecule has 25 nitrogen and oxygen atoms in total. The SMILES string of the molecule is CC[C@H](C)[C@@H]([C@@H](CC(=O)N1CCC[C@H]1[C@H](OC)[C@@H](C)C(=O)C[C@@H](Cc1ccccc1)c1nccs1)OC)N(C)C(=O)[C@@H](CC(=O)C(C)(C)NC(=O)OCc1ccc(NC(=O)[C@H](CCCNC(N)=O)CC(=O)[C@@H](NC(=O)[C@H](CCCCNC(=O)CC[C@@H](NC(C)(C)C)C(=O)C(C)(C)C)CC(=O)CC(C)C)C(C)C)cc1)C(C)C. The third kappa shape index (κ3) is 32.2. The number of amides is 8. The molecule has 0 aliphatic carbocycles. The van der Waals surface area contributed by atoms with Crippen LogP contribution < -0.4 is 37.6 Å². The number of carbonyl (C=O) groups excluding carboxylic acids is 12. The highest BCUT2D eigenvalue weighted by Crippen LogP contribution is 2.35. The Morgan fingerprint density at radius 2 is 1.35 bits per heavy atom. The Balaban J connectivity index is 1.38. The van der Waals surface area contributed by atoms with Crippen molar-refractivity contribution < 1.29 is 71.7 Å². The molecule has 0 saturated carbocycles. The lowest BCUT2D eigenvalue weighted by atomic mass is 9.83. The van der Waals surface area contributed by atoms with Gasteiger partial charge in [-0.15, -0.1) is 11.3 Å². The molecule has 12 atom stereocenters. The lowest BCUT2D eigenvalue weighted by molar-refractivity contribution is -0.149. The number of hydrogen-bond donors (Lipinski definition) is 7. The zero-order valence-corrected chi connectivity index (χ0v) is 71.6. The number of Topliss-reactive ketones (excluding diaryl/α,β-unsaturated/α-hetero) is 5. The van der Waals surface area contributed by atoms with Gasteiger partial charge in [0.2, 0.25) is 29.5 Å². The van der Waals surface area contributed by atoms with Crippen molar-refractivity contribution in [1.82, 2.24) is 41.4 Å². The molecule has 1 fully saturated rings. The van der Waals surface area contributed by atoms with Crippen molar-refractivity contribution in [3.63, 3.8) is 0 Å². The van der Waals surface area contributed by atoms with E-state index in [-0.39, 0.29) is 141 Å². The van der Waals surface area contributed by atoms with Gasteiger partial charge < -0.3 is 61.6 Å². The van der Waals surface area contributed by atoms with E-state index in [1.165, 1.54) is 18.4 Å². The first-order chi connectivity index (χ1) is 52.5. The van der Waals surface area contributed by atoms with Crippen LogP contribution >= 0.6 is 11.3 Å². The van der Waals surface area contributed by atoms with E-state index in [1.54, 1.807) is 77.2 Å². The summed E-state index contributed by atoms with van der Waals surface area (Å²) in [6.07, 6.45) is 4.39. The number of nitrogens with one attached hydrogen (secondary N) is 6. The summed E-state index contributed by atoms with van der Waals surface area (Å²) in [4.78, 5) is 174. The minimum absolute atomic E-state index is 0.0247. The van der Waals surface area contributed by atoms with Crippen LogP contribution in [0.25, 0.3) is 0 Å². The maximum Gasteiger partial charge on any atom is 0.408 e. The van der Waals surface area contributed by atoms with Gasteiger partial charge in [-0.1, -0.05) is 138 Å². The van der Waals surface area contributed by atoms with E-state index in [2.05, 4.69) is 49.0 Å². The molecule has 112 heavy (non-hydrogen) atoms. The fourth-order valence-corrected chi connectivity index (χ4v) is 15.6. The molecular weight excluding hydrogens is 1450 g/mol. The summed E-state index contributed by atoms with van der Waals surface area (Å²) in [5.41, 5.74) is 4.91. The molecule has 1 aromatic heterocycles. The van der Waals surface area contributed by atoms with Crippen LogP contribution in [-0.4, -0.2) is 174 Å². The van der Waals surface area contributed by atoms with Gasteiger partial charge in [-0.2, -0.15) is 0 Å². The minimum Gasteiger partial charge on any atom is -0.445 e. The molecule has 3 aromatic rings. The number of nitrogens with two attached hydrogens (primary N) is 1. The van der Waals surface area contributed by atoms with E-state index in [0.717, 1.165) is 17.0 Å². The molecule has 626 valence electrons. The standard InChI is InChI=1S/C86H136N10O15S/c1-21-56(8)75(70(109-19)51-73(102)96-43-28-33-67(96)76(110-20)57(9)68(98)49-62(80-89-42-44-112-80)46-58-29-23-22-24-30-58)95(18)81(106)65(54(4)5)50-71(100)86(16,17)94-83(108)111-52-59-34-36-63(37-35-59)91-78(104)61(32-27-41-90-82(87)107)48-69(99)74(55(6)7)92-79(105)60(47-64(97)45-53(2)3)31-25-26-40-88-72(101)39-38-66(93-85(13,14)15)77(103)84(10,11)12/h22-24,29-30,34-37,42,44,53-57,60-62,65-67,70,74-76,93H,21,25-28,31-33,38-41,43,45-52H2,1-20H3,(H,88,101)(H,91,104)(H,92,105)(H,94,108)(H3,87,90,107)/t56-,57-,60+,61+,62+,65-,66+,67-,70+,74-,75-,76+/m0/s1. The number of likely N-dealkylation sites (tertiary alicyclic amines) is 1. The number of likely N-dealkylation sites (N-methyl/N-ethyl adjacent to an activating group) is 1. The average Bonchev–Trinajstić information content (AvgIpc) is 1.56. The Bertz CT molecular complexity index is 3520. The van der Waals surface area contributed by atoms with E-state index in [4.69, 9.17) is 19.9 Å². The van der Waals surface area contributed by atoms with Gasteiger partial charge in [0, 0.05) is 137 Å². The largest absolute Gasteiger partial charge is 0.445 e. The summed E-state index contributed by atoms with van der Waals surface area (Å²) in [6, 6.07) is 13.3. The lowest BCUT2D eigenvalue weighted by Gasteiger charge is -2.41. The van der Waals surface area contributed by atoms with Gasteiger partial charge >= 0.3 is 12.1 Å². The molecule has 8 N–H and O–H groups in total. The molecule has 0 radical (unpaired) electrons. The molecule has 0 bridgehead atoms. The minimum atomic E-state index is -1.49. The van der Waals surface area contributed by atoms with Gasteiger partial charge in [0.15, 0.2) is 17.3 Å². The van der Waals surface area contributed by atoms with Gasteiger partial charge in [-0.3, -0.25) is 47.9 Å². The number of alkyl carbamates (subject to hydrolysis) is 1. The number of aromatic nitrogens is 1. The monoisotopic (exact) mass is 1580 g/mol. The molecule has 8 amide bonds. The van der Waals surface area contributed by atoms with Gasteiger partial charge in [-0.05, 0) is 133 Å². The summed E-state index contributed by atoms with van der Waals surface area (Å²) in [6.45, 7) is 32.3. The van der Waals surface area contributed by atoms with Crippen LogP contribution in [0.3, 0.4) is 0 Å². The topological polar surface area (TPSA) is 350 Å². The number of primary amides is 1. The van der Waals surface area contributed by atoms with Crippen LogP contribution in [-0.2, 0) is 75.2 Å². The maximum atomic E-state index is 14.9. The Hall–Kier alpha value is -7.81. The van der Waals surface area contributed by atoms with Crippen LogP contribution in [0.1, 0.15) is 242 Å². The first kappa shape index (κ1) is 96.6. The Morgan fingerprint density at radius 3 is 1.92 bits per heavy atom. The highest BCUT2D eigenvalue weighted by molar-refractivity contribution is 7.09. The Kier molecular flexibility index (Phi) is 40.1. The molecular formula is C86H136N10O15S. The van der Waals surface area contributed by atoms with Crippen molar-refractivity contribution in [2.45, 2.75) is 287 Å². The van der Waals surface area contributed by atoms with Gasteiger partial charge in [0.05, 0.1) is 53.3 Å². The van der Waals surface area contributed by atoms with Crippen molar-refractivity contribution in [3.8, 4) is 0 Å². The van der Waals surface area contributed by atoms with Gasteiger partial charge in [0.25, 0.3) is 0 Å². The number of unbranched alkanes of at least 4 members (excludes halogenated alkanes) is 1. The van der Waals surface area contributed by atoms with E-state index in [0.29, 0.717) is 69.3 Å². The first-order valence-corrected chi connectivity index (χ1v) is 41.3. The second-order valence-electron chi connectivity index (χ2n) is 34.5. The maximum absolute atomic E-state index is 14.9. The van der Waals surface area contributed by atoms with Crippen LogP contribution in [0.15, 0.2) is 66.2 Å². The van der Waals surface area contributed by atoms with Crippen LogP contribution in [0, 0.1) is 52.8 Å². The van der Waals surface area contributed by atoms with E-state index >= 15 is 0 Å². The molecule has 0 spiro atoms. The number of anilines is 1. The Labute approximate surface area is 671 Å². The van der Waals surface area contributed by atoms with Crippen LogP contribution in [0.2, 0.25) is 0 Å². The Morgan fingerprint density at radius 1 is 0.705 bits per heavy atom. The van der Waals surface area contributed by atoms with Crippen molar-refractivity contribution in [2.24, 2.45) is 58.5 Å². The van der Waals surface area contributed by atoms with Crippen LogP contribution in [0.4, 0.5) is 15.3 Å². The summed E-state index contributed by atoms with van der Waals surface area (Å²) in [5, 5.41) is 20.1. The third-order valence-electron chi connectivity index (χ3n) is 21.4. The van der Waals surface area contributed by atoms with E-state index in [9.17, 15) is 57.5 Å². The van der Waals surface area contributed by atoms with Gasteiger partial charge in [-0.25, -0.2) is 14.6 Å². The summed E-state index contributed by atoms with van der Waals surface area (Å²) in [5.74, 6) is -6.53. The number of ketones is 5. The fourth-order valence-electron chi connectivity index (χ4n) is 14.8. The normalized spacial score (nSPS) is 16.3. The molecule has 2 heterocycles. The third-order valence-corrected chi connectivity index (χ3v) is 22.4. The number of ether oxygens (including phenoxy) is 3. The van der Waals surface area contributed by atoms with Crippen molar-refractivity contribution in [1.29, 1.82) is 0 Å². The molecule has 1 aliphatic heterocycles. The van der Waals surface area contributed by atoms with Crippen molar-refractivity contribution in [3.05, 3.63) is 82.3 Å². The number of hydrogen-bond acceptors (Lipinski definition) is 18. The number of benzene rings is 2. The fraction of sp³-hybridized carbons (Fsp3) is 0.686. The zero-order valence-electron chi connectivity index (χ0n) is 70.8. The number of rotatable bonds is 50. The molecule has 1 aliphatic rings. The van der Waals surface area contributed by atoms with E-state index < -0.39 is 106 Å². The van der Waals surface area contributed by atoms with E-state index in [1.807, 2.05) is 118 Å². The van der Waals surface area contributed by atoms with Gasteiger partial charge in [0.1, 0.15) is 18.2 Å². The molecule has 0 unspecified atom stereocenters. The summed E-state index contributed by atoms with van der Waals surface area (Å²) < 4.78 is 17.9. The number of urea groups is 1. The second kappa shape index (κ2) is 46.5. The van der Waals surface area contributed by atoms with Crippen LogP contribution in [0.5, 0.6) is 0 Å². The predicted molar refractivity (Wildman–Crippen MR) is 438 cm³/mol. The number of thiazole rings is 1. The highest BCUT2D eigenvalue weighted by atomic mass is 32.1. The highest BCUT2D eigenvalue weighted by Gasteiger charge is 2.45. The molecule has 2 aromatic carbocycles. The number of carbonyl (C=O) groups is 12. The average molecular weight is 1580 g/mol. The molecule has 4 rings (SSSR count). The van der Waals surface area contributed by atoms with Crippen molar-refractivity contribution >= 4 is 87.6 Å². The summed E-state index contributed by atoms with van der Waals surface area (Å²) in [7, 11) is 4.80. The number of methoxy groups -OCH3 is 2. The lowest BCUT2D eigenvalue weighted by Crippen LogP contribution is -2.55. The zero-order chi connectivity index (χ0) is 84.0. The summed E-state index contributed by atoms with van der Waals surface area (Å²) >= 11 is 1.53. The molecule has 1 saturated heterocycles.